The van der Waals surface area contributed by atoms with Crippen molar-refractivity contribution in [3.05, 3.63) is 29.8 Å². The van der Waals surface area contributed by atoms with E-state index in [1.54, 1.807) is 6.20 Å². The van der Waals surface area contributed by atoms with Gasteiger partial charge in [-0.05, 0) is 37.3 Å². The fourth-order valence-corrected chi connectivity index (χ4v) is 3.17. The summed E-state index contributed by atoms with van der Waals surface area (Å²) in [4.78, 5) is 3.84. The molecule has 0 radical (unpaired) electrons. The molecule has 1 fully saturated rings. The SMILES string of the molecule is CCNC(c1ccncc1F)C1CCCC(C)C1. The van der Waals surface area contributed by atoms with Crippen LogP contribution in [0.25, 0.3) is 0 Å². The number of nitrogens with zero attached hydrogens (tertiary/aromatic N) is 1. The summed E-state index contributed by atoms with van der Waals surface area (Å²) in [5.41, 5.74) is 0.783. The van der Waals surface area contributed by atoms with Crippen LogP contribution in [-0.2, 0) is 0 Å². The maximum absolute atomic E-state index is 13.9. The Balaban J connectivity index is 2.19. The highest BCUT2D eigenvalue weighted by molar-refractivity contribution is 5.18. The fourth-order valence-electron chi connectivity index (χ4n) is 3.17. The molecule has 1 saturated carbocycles. The van der Waals surface area contributed by atoms with Gasteiger partial charge in [0.2, 0.25) is 0 Å². The Hall–Kier alpha value is -0.960. The molecular weight excluding hydrogens is 227 g/mol. The summed E-state index contributed by atoms with van der Waals surface area (Å²) in [6, 6.07) is 1.96. The van der Waals surface area contributed by atoms with E-state index in [2.05, 4.69) is 24.1 Å². The van der Waals surface area contributed by atoms with Crippen LogP contribution < -0.4 is 5.32 Å². The molecule has 1 aromatic heterocycles. The minimum atomic E-state index is -0.179. The largest absolute Gasteiger partial charge is 0.310 e. The number of hydrogen-bond donors (Lipinski definition) is 1. The minimum absolute atomic E-state index is 0.140. The summed E-state index contributed by atoms with van der Waals surface area (Å²) in [6.07, 6.45) is 7.98. The number of hydrogen-bond acceptors (Lipinski definition) is 2. The molecule has 3 heteroatoms. The molecule has 0 spiro atoms. The standard InChI is InChI=1S/C15H23FN2/c1-3-18-15(12-6-4-5-11(2)9-12)13-7-8-17-10-14(13)16/h7-8,10-12,15,18H,3-6,9H2,1-2H3. The smallest absolute Gasteiger partial charge is 0.146 e. The van der Waals surface area contributed by atoms with Crippen LogP contribution in [0.4, 0.5) is 4.39 Å². The van der Waals surface area contributed by atoms with Crippen molar-refractivity contribution in [1.82, 2.24) is 10.3 Å². The van der Waals surface area contributed by atoms with Crippen molar-refractivity contribution in [3.63, 3.8) is 0 Å². The first-order valence-electron chi connectivity index (χ1n) is 7.05. The Morgan fingerprint density at radius 3 is 3.00 bits per heavy atom. The lowest BCUT2D eigenvalue weighted by Crippen LogP contribution is -2.32. The normalized spacial score (nSPS) is 25.9. The van der Waals surface area contributed by atoms with E-state index in [-0.39, 0.29) is 11.9 Å². The number of nitrogens with one attached hydrogen (secondary N) is 1. The Morgan fingerprint density at radius 2 is 2.33 bits per heavy atom. The third kappa shape index (κ3) is 3.08. The topological polar surface area (TPSA) is 24.9 Å². The van der Waals surface area contributed by atoms with Crippen LogP contribution in [0, 0.1) is 17.7 Å². The van der Waals surface area contributed by atoms with E-state index < -0.39 is 0 Å². The average molecular weight is 250 g/mol. The van der Waals surface area contributed by atoms with Crippen LogP contribution in [-0.4, -0.2) is 11.5 Å². The van der Waals surface area contributed by atoms with Gasteiger partial charge in [0.05, 0.1) is 6.20 Å². The maximum Gasteiger partial charge on any atom is 0.146 e. The molecule has 1 N–H and O–H groups in total. The molecule has 0 saturated heterocycles. The first-order valence-corrected chi connectivity index (χ1v) is 7.05. The second-order valence-electron chi connectivity index (χ2n) is 5.46. The highest BCUT2D eigenvalue weighted by Gasteiger charge is 2.28. The molecule has 1 aliphatic rings. The third-order valence-electron chi connectivity index (χ3n) is 4.01. The second kappa shape index (κ2) is 6.28. The summed E-state index contributed by atoms with van der Waals surface area (Å²) in [5, 5.41) is 3.46. The molecule has 2 nitrogen and oxygen atoms in total. The Kier molecular flexibility index (Phi) is 4.70. The van der Waals surface area contributed by atoms with Crippen molar-refractivity contribution in [3.8, 4) is 0 Å². The highest BCUT2D eigenvalue weighted by atomic mass is 19.1. The zero-order chi connectivity index (χ0) is 13.0. The molecule has 0 aromatic carbocycles. The van der Waals surface area contributed by atoms with Gasteiger partial charge in [-0.2, -0.15) is 0 Å². The minimum Gasteiger partial charge on any atom is -0.310 e. The fraction of sp³-hybridized carbons (Fsp3) is 0.667. The molecule has 0 amide bonds. The van der Waals surface area contributed by atoms with Crippen molar-refractivity contribution in [2.24, 2.45) is 11.8 Å². The lowest BCUT2D eigenvalue weighted by molar-refractivity contribution is 0.222. The molecule has 3 unspecified atom stereocenters. The molecule has 0 bridgehead atoms. The maximum atomic E-state index is 13.9. The summed E-state index contributed by atoms with van der Waals surface area (Å²) < 4.78 is 13.9. The van der Waals surface area contributed by atoms with Crippen molar-refractivity contribution in [1.29, 1.82) is 0 Å². The number of rotatable bonds is 4. The highest BCUT2D eigenvalue weighted by Crippen LogP contribution is 2.37. The van der Waals surface area contributed by atoms with Crippen molar-refractivity contribution < 1.29 is 4.39 Å². The first kappa shape index (κ1) is 13.5. The van der Waals surface area contributed by atoms with E-state index in [0.717, 1.165) is 18.0 Å². The van der Waals surface area contributed by atoms with Crippen LogP contribution >= 0.6 is 0 Å². The molecule has 2 rings (SSSR count). The predicted molar refractivity (Wildman–Crippen MR) is 71.7 cm³/mol. The summed E-state index contributed by atoms with van der Waals surface area (Å²) in [6.45, 7) is 5.26. The van der Waals surface area contributed by atoms with Gasteiger partial charge in [0.1, 0.15) is 5.82 Å². The van der Waals surface area contributed by atoms with Crippen molar-refractivity contribution >= 4 is 0 Å². The van der Waals surface area contributed by atoms with Gasteiger partial charge in [-0.3, -0.25) is 4.98 Å². The van der Waals surface area contributed by atoms with Gasteiger partial charge in [-0.1, -0.05) is 26.7 Å². The summed E-state index contributed by atoms with van der Waals surface area (Å²) in [7, 11) is 0. The van der Waals surface area contributed by atoms with Crippen molar-refractivity contribution in [2.45, 2.75) is 45.6 Å². The Labute approximate surface area is 109 Å². The van der Waals surface area contributed by atoms with E-state index in [0.29, 0.717) is 5.92 Å². The zero-order valence-corrected chi connectivity index (χ0v) is 11.3. The van der Waals surface area contributed by atoms with Gasteiger partial charge in [0.25, 0.3) is 0 Å². The lowest BCUT2D eigenvalue weighted by Gasteiger charge is -2.34. The predicted octanol–water partition coefficient (Wildman–Crippen LogP) is 3.70. The van der Waals surface area contributed by atoms with E-state index >= 15 is 0 Å². The summed E-state index contributed by atoms with van der Waals surface area (Å²) in [5.74, 6) is 1.13. The first-order chi connectivity index (χ1) is 8.72. The molecular formula is C15H23FN2. The Morgan fingerprint density at radius 1 is 1.50 bits per heavy atom. The summed E-state index contributed by atoms with van der Waals surface area (Å²) >= 11 is 0. The van der Waals surface area contributed by atoms with Crippen LogP contribution in [0.2, 0.25) is 0 Å². The zero-order valence-electron chi connectivity index (χ0n) is 11.3. The number of aromatic nitrogens is 1. The van der Waals surface area contributed by atoms with Gasteiger partial charge in [-0.25, -0.2) is 4.39 Å². The molecule has 1 aliphatic carbocycles. The van der Waals surface area contributed by atoms with Gasteiger partial charge >= 0.3 is 0 Å². The second-order valence-corrected chi connectivity index (χ2v) is 5.46. The third-order valence-corrected chi connectivity index (χ3v) is 4.01. The van der Waals surface area contributed by atoms with Crippen molar-refractivity contribution in [2.75, 3.05) is 6.54 Å². The van der Waals surface area contributed by atoms with E-state index in [4.69, 9.17) is 0 Å². The van der Waals surface area contributed by atoms with Crippen LogP contribution in [0.15, 0.2) is 18.5 Å². The lowest BCUT2D eigenvalue weighted by atomic mass is 9.76. The molecule has 0 aliphatic heterocycles. The molecule has 18 heavy (non-hydrogen) atoms. The van der Waals surface area contributed by atoms with Gasteiger partial charge in [0, 0.05) is 17.8 Å². The molecule has 1 aromatic rings. The molecule has 1 heterocycles. The number of halogens is 1. The Bertz CT molecular complexity index is 381. The van der Waals surface area contributed by atoms with Gasteiger partial charge in [0.15, 0.2) is 0 Å². The molecule has 3 atom stereocenters. The quantitative estimate of drug-likeness (QED) is 0.881. The average Bonchev–Trinajstić information content (AvgIpc) is 2.37. The van der Waals surface area contributed by atoms with E-state index in [9.17, 15) is 4.39 Å². The van der Waals surface area contributed by atoms with Crippen LogP contribution in [0.1, 0.15) is 51.1 Å². The van der Waals surface area contributed by atoms with Gasteiger partial charge in [-0.15, -0.1) is 0 Å². The van der Waals surface area contributed by atoms with Crippen LogP contribution in [0.5, 0.6) is 0 Å². The molecule has 100 valence electrons. The van der Waals surface area contributed by atoms with E-state index in [1.165, 1.54) is 31.9 Å². The van der Waals surface area contributed by atoms with Crippen LogP contribution in [0.3, 0.4) is 0 Å². The number of pyridine rings is 1. The van der Waals surface area contributed by atoms with E-state index in [1.807, 2.05) is 6.07 Å². The monoisotopic (exact) mass is 250 g/mol. The van der Waals surface area contributed by atoms with Gasteiger partial charge < -0.3 is 5.32 Å².